The van der Waals surface area contributed by atoms with Gasteiger partial charge in [-0.15, -0.1) is 0 Å². The Morgan fingerprint density at radius 1 is 1.25 bits per heavy atom. The number of ether oxygens (including phenoxy) is 1. The molecule has 1 saturated heterocycles. The largest absolute Gasteiger partial charge is 0.388 e. The third-order valence-electron chi connectivity index (χ3n) is 1.12. The highest BCUT2D eigenvalue weighted by Gasteiger charge is 2.32. The topological polar surface area (TPSA) is 69.9 Å². The fraction of sp³-hybridized carbons (Fsp3) is 1.00. The minimum absolute atomic E-state index is 0.0162. The van der Waals surface area contributed by atoms with Gasteiger partial charge in [0.05, 0.1) is 6.61 Å². The van der Waals surface area contributed by atoms with E-state index in [0.29, 0.717) is 0 Å². The molecule has 1 aliphatic heterocycles. The summed E-state index contributed by atoms with van der Waals surface area (Å²) in [7, 11) is 0. The minimum atomic E-state index is -1.20. The Morgan fingerprint density at radius 3 is 2.00 bits per heavy atom. The maximum Gasteiger partial charge on any atom is 0.183 e. The van der Waals surface area contributed by atoms with Crippen LogP contribution < -0.4 is 0 Å². The van der Waals surface area contributed by atoms with Crippen LogP contribution in [0.2, 0.25) is 0 Å². The van der Waals surface area contributed by atoms with Gasteiger partial charge in [0.15, 0.2) is 6.29 Å². The van der Waals surface area contributed by atoms with E-state index in [1.807, 2.05) is 0 Å². The molecule has 1 aliphatic rings. The number of rotatable bonds is 0. The van der Waals surface area contributed by atoms with Crippen molar-refractivity contribution in [3.05, 3.63) is 0 Å². The van der Waals surface area contributed by atoms with Gasteiger partial charge in [-0.05, 0) is 0 Å². The van der Waals surface area contributed by atoms with Gasteiger partial charge in [0.2, 0.25) is 0 Å². The summed E-state index contributed by atoms with van der Waals surface area (Å²) in [4.78, 5) is 0. The molecule has 4 nitrogen and oxygen atoms in total. The van der Waals surface area contributed by atoms with E-state index >= 15 is 0 Å². The van der Waals surface area contributed by atoms with E-state index in [-0.39, 0.29) is 6.61 Å². The van der Waals surface area contributed by atoms with Gasteiger partial charge in [0.1, 0.15) is 12.2 Å². The van der Waals surface area contributed by atoms with Gasteiger partial charge >= 0.3 is 0 Å². The molecule has 1 rings (SSSR count). The Kier molecular flexibility index (Phi) is 1.48. The summed E-state index contributed by atoms with van der Waals surface area (Å²) in [5, 5.41) is 25.8. The SMILES string of the molecule is OC1CO[C@@H](O)C1O. The predicted molar refractivity (Wildman–Crippen MR) is 24.0 cm³/mol. The van der Waals surface area contributed by atoms with E-state index in [1.54, 1.807) is 0 Å². The predicted octanol–water partition coefficient (Wildman–Crippen LogP) is -1.94. The van der Waals surface area contributed by atoms with Crippen LogP contribution in [0.25, 0.3) is 0 Å². The Labute approximate surface area is 46.3 Å². The summed E-state index contributed by atoms with van der Waals surface area (Å²) in [6.07, 6.45) is -3.26. The van der Waals surface area contributed by atoms with Crippen LogP contribution in [0, 0.1) is 0 Å². The zero-order chi connectivity index (χ0) is 6.15. The molecule has 1 heterocycles. The van der Waals surface area contributed by atoms with Crippen molar-refractivity contribution in [2.75, 3.05) is 6.61 Å². The van der Waals surface area contributed by atoms with Crippen LogP contribution in [0.1, 0.15) is 0 Å². The first kappa shape index (κ1) is 5.97. The summed E-state index contributed by atoms with van der Waals surface area (Å²) in [5.74, 6) is 0. The van der Waals surface area contributed by atoms with Gasteiger partial charge in [-0.25, -0.2) is 0 Å². The maximum absolute atomic E-state index is 8.64. The van der Waals surface area contributed by atoms with Crippen molar-refractivity contribution in [3.63, 3.8) is 0 Å². The van der Waals surface area contributed by atoms with Gasteiger partial charge in [-0.1, -0.05) is 0 Å². The maximum atomic E-state index is 8.64. The summed E-state index contributed by atoms with van der Waals surface area (Å²) < 4.78 is 4.43. The average molecular weight is 120 g/mol. The second-order valence-corrected chi connectivity index (χ2v) is 1.78. The summed E-state index contributed by atoms with van der Waals surface area (Å²) in [5.41, 5.74) is 0. The fourth-order valence-corrected chi connectivity index (χ4v) is 0.584. The first-order valence-electron chi connectivity index (χ1n) is 2.37. The standard InChI is InChI=1S/C4H8O4/c5-2-1-8-4(7)3(2)6/h2-7H,1H2/t2?,3?,4-/m1/s1. The highest BCUT2D eigenvalue weighted by Crippen LogP contribution is 2.10. The van der Waals surface area contributed by atoms with E-state index in [0.717, 1.165) is 0 Å². The van der Waals surface area contributed by atoms with Crippen LogP contribution in [0.15, 0.2) is 0 Å². The molecule has 3 atom stereocenters. The van der Waals surface area contributed by atoms with Crippen LogP contribution in [-0.2, 0) is 4.74 Å². The molecule has 0 saturated carbocycles. The molecule has 0 aromatic carbocycles. The second kappa shape index (κ2) is 1.99. The molecule has 0 amide bonds. The monoisotopic (exact) mass is 120 g/mol. The Bertz CT molecular complexity index is 74.1. The lowest BCUT2D eigenvalue weighted by Gasteiger charge is -2.06. The van der Waals surface area contributed by atoms with Crippen molar-refractivity contribution in [3.8, 4) is 0 Å². The molecule has 0 aliphatic carbocycles. The van der Waals surface area contributed by atoms with Crippen LogP contribution >= 0.6 is 0 Å². The van der Waals surface area contributed by atoms with Gasteiger partial charge < -0.3 is 20.1 Å². The van der Waals surface area contributed by atoms with E-state index in [1.165, 1.54) is 0 Å². The lowest BCUT2D eigenvalue weighted by Crippen LogP contribution is -2.29. The Balaban J connectivity index is 2.44. The number of aliphatic hydroxyl groups excluding tert-OH is 3. The molecule has 48 valence electrons. The first-order valence-corrected chi connectivity index (χ1v) is 2.37. The molecule has 0 aromatic rings. The highest BCUT2D eigenvalue weighted by atomic mass is 16.6. The molecule has 1 fully saturated rings. The zero-order valence-electron chi connectivity index (χ0n) is 4.19. The molecule has 0 bridgehead atoms. The Hall–Kier alpha value is -0.160. The summed E-state index contributed by atoms with van der Waals surface area (Å²) in [6.45, 7) is 0.0162. The average Bonchev–Trinajstić information content (AvgIpc) is 1.98. The second-order valence-electron chi connectivity index (χ2n) is 1.78. The number of aliphatic hydroxyl groups is 3. The minimum Gasteiger partial charge on any atom is -0.388 e. The number of hydrogen-bond donors (Lipinski definition) is 3. The molecule has 2 unspecified atom stereocenters. The Morgan fingerprint density at radius 2 is 1.88 bits per heavy atom. The molecular weight excluding hydrogens is 112 g/mol. The molecule has 0 spiro atoms. The van der Waals surface area contributed by atoms with E-state index in [2.05, 4.69) is 4.74 Å². The molecule has 0 radical (unpaired) electrons. The van der Waals surface area contributed by atoms with Gasteiger partial charge in [-0.3, -0.25) is 0 Å². The van der Waals surface area contributed by atoms with Gasteiger partial charge in [0.25, 0.3) is 0 Å². The molecule has 4 heteroatoms. The zero-order valence-corrected chi connectivity index (χ0v) is 4.19. The van der Waals surface area contributed by atoms with E-state index in [4.69, 9.17) is 15.3 Å². The van der Waals surface area contributed by atoms with Crippen molar-refractivity contribution in [2.24, 2.45) is 0 Å². The van der Waals surface area contributed by atoms with E-state index < -0.39 is 18.5 Å². The third-order valence-corrected chi connectivity index (χ3v) is 1.12. The van der Waals surface area contributed by atoms with Crippen LogP contribution in [-0.4, -0.2) is 40.4 Å². The normalized spacial score (nSPS) is 47.6. The molecular formula is C4H8O4. The highest BCUT2D eigenvalue weighted by molar-refractivity contribution is 4.75. The van der Waals surface area contributed by atoms with Crippen molar-refractivity contribution in [2.45, 2.75) is 18.5 Å². The quantitative estimate of drug-likeness (QED) is 0.348. The smallest absolute Gasteiger partial charge is 0.183 e. The van der Waals surface area contributed by atoms with E-state index in [9.17, 15) is 0 Å². The third kappa shape index (κ3) is 0.830. The molecule has 0 aromatic heterocycles. The lowest BCUT2D eigenvalue weighted by atomic mass is 10.2. The van der Waals surface area contributed by atoms with Crippen LogP contribution in [0.5, 0.6) is 0 Å². The van der Waals surface area contributed by atoms with Crippen LogP contribution in [0.3, 0.4) is 0 Å². The van der Waals surface area contributed by atoms with Crippen LogP contribution in [0.4, 0.5) is 0 Å². The summed E-state index contributed by atoms with van der Waals surface area (Å²) in [6, 6.07) is 0. The summed E-state index contributed by atoms with van der Waals surface area (Å²) >= 11 is 0. The van der Waals surface area contributed by atoms with Crippen molar-refractivity contribution < 1.29 is 20.1 Å². The van der Waals surface area contributed by atoms with Crippen molar-refractivity contribution in [1.82, 2.24) is 0 Å². The van der Waals surface area contributed by atoms with Gasteiger partial charge in [-0.2, -0.15) is 0 Å². The molecule has 3 N–H and O–H groups in total. The molecule has 8 heavy (non-hydrogen) atoms. The first-order chi connectivity index (χ1) is 3.72. The van der Waals surface area contributed by atoms with Crippen molar-refractivity contribution >= 4 is 0 Å². The van der Waals surface area contributed by atoms with Crippen molar-refractivity contribution in [1.29, 1.82) is 0 Å². The van der Waals surface area contributed by atoms with Gasteiger partial charge in [0, 0.05) is 0 Å². The lowest BCUT2D eigenvalue weighted by molar-refractivity contribution is -0.111. The fourth-order valence-electron chi connectivity index (χ4n) is 0.584. The number of hydrogen-bond acceptors (Lipinski definition) is 4.